The van der Waals surface area contributed by atoms with Crippen molar-refractivity contribution in [2.45, 2.75) is 26.3 Å². The number of carbonyl (C=O) groups excluding carboxylic acids is 1. The van der Waals surface area contributed by atoms with Crippen molar-refractivity contribution in [3.8, 4) is 11.3 Å². The van der Waals surface area contributed by atoms with Crippen LogP contribution in [0.5, 0.6) is 0 Å². The van der Waals surface area contributed by atoms with E-state index in [0.29, 0.717) is 35.9 Å². The van der Waals surface area contributed by atoms with E-state index in [9.17, 15) is 9.18 Å². The van der Waals surface area contributed by atoms with Crippen molar-refractivity contribution in [1.82, 2.24) is 19.7 Å². The molecule has 1 aliphatic heterocycles. The predicted octanol–water partition coefficient (Wildman–Crippen LogP) is 4.66. The molecule has 0 radical (unpaired) electrons. The van der Waals surface area contributed by atoms with Crippen LogP contribution in [0.3, 0.4) is 0 Å². The first-order valence-corrected chi connectivity index (χ1v) is 11.6. The van der Waals surface area contributed by atoms with Gasteiger partial charge in [0.05, 0.1) is 17.1 Å². The van der Waals surface area contributed by atoms with Crippen LogP contribution < -0.4 is 5.73 Å². The molecular formula is C25H26FN5OS. The van der Waals surface area contributed by atoms with Crippen LogP contribution in [0.2, 0.25) is 0 Å². The van der Waals surface area contributed by atoms with Gasteiger partial charge in [0, 0.05) is 30.8 Å². The molecule has 1 aliphatic rings. The number of aromatic nitrogens is 3. The third-order valence-electron chi connectivity index (χ3n) is 5.56. The number of benzene rings is 1. The maximum Gasteiger partial charge on any atom is 0.244 e. The van der Waals surface area contributed by atoms with Crippen molar-refractivity contribution >= 4 is 27.9 Å². The molecule has 3 aromatic rings. The van der Waals surface area contributed by atoms with Gasteiger partial charge in [-0.3, -0.25) is 9.48 Å². The summed E-state index contributed by atoms with van der Waals surface area (Å²) in [4.78, 5) is 20.6. The van der Waals surface area contributed by atoms with Crippen LogP contribution in [0, 0.1) is 0 Å². The molecule has 0 atom stereocenters. The third-order valence-corrected chi connectivity index (χ3v) is 6.54. The van der Waals surface area contributed by atoms with Gasteiger partial charge in [0.1, 0.15) is 12.4 Å². The summed E-state index contributed by atoms with van der Waals surface area (Å²) in [5.41, 5.74) is 9.74. The lowest BCUT2D eigenvalue weighted by molar-refractivity contribution is -0.131. The Balaban J connectivity index is 1.56. The molecule has 0 aliphatic carbocycles. The number of hydrogen-bond acceptors (Lipinski definition) is 5. The molecule has 4 rings (SSSR count). The zero-order valence-corrected chi connectivity index (χ0v) is 19.3. The van der Waals surface area contributed by atoms with E-state index >= 15 is 0 Å². The highest BCUT2D eigenvalue weighted by Gasteiger charge is 2.23. The van der Waals surface area contributed by atoms with Gasteiger partial charge in [0.2, 0.25) is 5.91 Å². The normalized spacial score (nSPS) is 14.4. The standard InChI is InChI=1S/C25H26FN5OS/c1-3-19(26)10-9-17(2)21-15-22(18-7-5-4-6-8-18)31(29-21)16-24(32)30-13-11-20-23(12-14-30)33-25(27)28-20/h3-10,15H,2,11-14,16H2,1H3,(H2,27,28)/b10-9-,19-3+. The third kappa shape index (κ3) is 5.28. The molecule has 0 spiro atoms. The van der Waals surface area contributed by atoms with Gasteiger partial charge < -0.3 is 10.6 Å². The monoisotopic (exact) mass is 463 g/mol. The number of anilines is 1. The summed E-state index contributed by atoms with van der Waals surface area (Å²) >= 11 is 1.50. The summed E-state index contributed by atoms with van der Waals surface area (Å²) < 4.78 is 15.2. The van der Waals surface area contributed by atoms with Crippen molar-refractivity contribution in [1.29, 1.82) is 0 Å². The number of allylic oxidation sites excluding steroid dienone is 5. The summed E-state index contributed by atoms with van der Waals surface area (Å²) in [7, 11) is 0. The number of amides is 1. The molecule has 0 bridgehead atoms. The van der Waals surface area contributed by atoms with Gasteiger partial charge in [-0.05, 0) is 30.2 Å². The minimum Gasteiger partial charge on any atom is -0.375 e. The van der Waals surface area contributed by atoms with E-state index in [-0.39, 0.29) is 18.3 Å². The largest absolute Gasteiger partial charge is 0.375 e. The topological polar surface area (TPSA) is 77.0 Å². The fourth-order valence-electron chi connectivity index (χ4n) is 3.76. The Morgan fingerprint density at radius 1 is 1.24 bits per heavy atom. The van der Waals surface area contributed by atoms with E-state index in [2.05, 4.69) is 16.7 Å². The molecule has 1 aromatic carbocycles. The number of nitrogens with zero attached hydrogens (tertiary/aromatic N) is 4. The molecule has 2 N–H and O–H groups in total. The van der Waals surface area contributed by atoms with Crippen molar-refractivity contribution in [2.24, 2.45) is 0 Å². The first-order valence-electron chi connectivity index (χ1n) is 10.8. The SMILES string of the molecule is C=C(/C=C\C(F)=C/C)c1cc(-c2ccccc2)n(CC(=O)N2CCc3nc(N)sc3CC2)n1. The molecule has 0 unspecified atom stereocenters. The maximum atomic E-state index is 13.5. The smallest absolute Gasteiger partial charge is 0.244 e. The highest BCUT2D eigenvalue weighted by atomic mass is 32.1. The Morgan fingerprint density at radius 3 is 2.76 bits per heavy atom. The lowest BCUT2D eigenvalue weighted by Gasteiger charge is -2.20. The molecule has 0 fully saturated rings. The summed E-state index contributed by atoms with van der Waals surface area (Å²) in [6, 6.07) is 11.6. The van der Waals surface area contributed by atoms with Crippen LogP contribution in [-0.2, 0) is 24.2 Å². The van der Waals surface area contributed by atoms with Gasteiger partial charge in [-0.1, -0.05) is 49.1 Å². The van der Waals surface area contributed by atoms with Gasteiger partial charge in [-0.25, -0.2) is 9.37 Å². The van der Waals surface area contributed by atoms with E-state index in [0.717, 1.165) is 28.2 Å². The molecule has 8 heteroatoms. The number of thiazole rings is 1. The molecule has 6 nitrogen and oxygen atoms in total. The van der Waals surface area contributed by atoms with Crippen molar-refractivity contribution in [3.05, 3.63) is 83.3 Å². The number of rotatable bonds is 6. The van der Waals surface area contributed by atoms with Crippen LogP contribution in [0.15, 0.2) is 67.0 Å². The van der Waals surface area contributed by atoms with E-state index in [1.54, 1.807) is 17.7 Å². The van der Waals surface area contributed by atoms with Crippen LogP contribution in [-0.4, -0.2) is 38.7 Å². The number of nitrogen functional groups attached to an aromatic ring is 1. The predicted molar refractivity (Wildman–Crippen MR) is 131 cm³/mol. The van der Waals surface area contributed by atoms with E-state index in [1.807, 2.05) is 41.3 Å². The van der Waals surface area contributed by atoms with Gasteiger partial charge in [-0.15, -0.1) is 11.3 Å². The molecule has 33 heavy (non-hydrogen) atoms. The summed E-state index contributed by atoms with van der Waals surface area (Å²) in [6.45, 7) is 6.97. The van der Waals surface area contributed by atoms with Crippen LogP contribution in [0.4, 0.5) is 9.52 Å². The number of nitrogens with two attached hydrogens (primary N) is 1. The first-order chi connectivity index (χ1) is 15.9. The number of carbonyl (C=O) groups is 1. The zero-order chi connectivity index (χ0) is 23.4. The van der Waals surface area contributed by atoms with E-state index in [4.69, 9.17) is 5.73 Å². The van der Waals surface area contributed by atoms with Crippen LogP contribution in [0.25, 0.3) is 16.8 Å². The molecule has 0 saturated carbocycles. The van der Waals surface area contributed by atoms with Gasteiger partial charge in [0.15, 0.2) is 5.13 Å². The van der Waals surface area contributed by atoms with Crippen molar-refractivity contribution in [3.63, 3.8) is 0 Å². The Morgan fingerprint density at radius 2 is 2.00 bits per heavy atom. The molecule has 3 heterocycles. The molecule has 1 amide bonds. The fraction of sp³-hybridized carbons (Fsp3) is 0.240. The van der Waals surface area contributed by atoms with Crippen molar-refractivity contribution < 1.29 is 9.18 Å². The fourth-order valence-corrected chi connectivity index (χ4v) is 4.63. The molecule has 0 saturated heterocycles. The van der Waals surface area contributed by atoms with Gasteiger partial charge >= 0.3 is 0 Å². The lowest BCUT2D eigenvalue weighted by atomic mass is 10.1. The highest BCUT2D eigenvalue weighted by Crippen LogP contribution is 2.26. The van der Waals surface area contributed by atoms with Gasteiger partial charge in [0.25, 0.3) is 0 Å². The van der Waals surface area contributed by atoms with Crippen LogP contribution in [0.1, 0.15) is 23.2 Å². The van der Waals surface area contributed by atoms with E-state index < -0.39 is 0 Å². The maximum absolute atomic E-state index is 13.5. The first kappa shape index (κ1) is 22.7. The Kier molecular flexibility index (Phi) is 6.84. The number of hydrogen-bond donors (Lipinski definition) is 1. The second-order valence-corrected chi connectivity index (χ2v) is 8.89. The van der Waals surface area contributed by atoms with Crippen molar-refractivity contribution in [2.75, 3.05) is 18.8 Å². The zero-order valence-electron chi connectivity index (χ0n) is 18.5. The second kappa shape index (κ2) is 9.95. The minimum absolute atomic E-state index is 0.00827. The summed E-state index contributed by atoms with van der Waals surface area (Å²) in [5.74, 6) is -0.356. The highest BCUT2D eigenvalue weighted by molar-refractivity contribution is 7.15. The lowest BCUT2D eigenvalue weighted by Crippen LogP contribution is -2.36. The molecular weight excluding hydrogens is 437 g/mol. The Labute approximate surface area is 196 Å². The minimum atomic E-state index is -0.347. The summed E-state index contributed by atoms with van der Waals surface area (Å²) in [5, 5.41) is 5.22. The van der Waals surface area contributed by atoms with Gasteiger partial charge in [-0.2, -0.15) is 5.10 Å². The number of fused-ring (bicyclic) bond motifs is 1. The van der Waals surface area contributed by atoms with E-state index in [1.165, 1.54) is 23.5 Å². The average molecular weight is 464 g/mol. The quantitative estimate of drug-likeness (QED) is 0.540. The molecule has 170 valence electrons. The number of halogens is 1. The van der Waals surface area contributed by atoms with Crippen LogP contribution >= 0.6 is 11.3 Å². The second-order valence-electron chi connectivity index (χ2n) is 7.77. The summed E-state index contributed by atoms with van der Waals surface area (Å²) in [6.07, 6.45) is 5.77. The average Bonchev–Trinajstić information content (AvgIpc) is 3.34. The molecule has 2 aromatic heterocycles. The Hall–Kier alpha value is -3.52. The Bertz CT molecular complexity index is 1200.